The zero-order valence-corrected chi connectivity index (χ0v) is 13.0. The summed E-state index contributed by atoms with van der Waals surface area (Å²) in [7, 11) is 0. The van der Waals surface area contributed by atoms with E-state index in [1.54, 1.807) is 11.3 Å². The summed E-state index contributed by atoms with van der Waals surface area (Å²) in [6, 6.07) is 10.7. The second kappa shape index (κ2) is 6.57. The second-order valence-electron chi connectivity index (χ2n) is 5.11. The molecule has 0 radical (unpaired) electrons. The first kappa shape index (κ1) is 15.3. The summed E-state index contributed by atoms with van der Waals surface area (Å²) in [5.74, 6) is 0.0572. The van der Waals surface area contributed by atoms with Gasteiger partial charge in [0.25, 0.3) is 5.91 Å². The van der Waals surface area contributed by atoms with Crippen molar-refractivity contribution in [3.63, 3.8) is 0 Å². The highest BCUT2D eigenvalue weighted by atomic mass is 35.5. The van der Waals surface area contributed by atoms with E-state index in [1.165, 1.54) is 4.70 Å². The van der Waals surface area contributed by atoms with Crippen LogP contribution in [0.1, 0.15) is 29.4 Å². The van der Waals surface area contributed by atoms with E-state index in [0.717, 1.165) is 29.6 Å². The van der Waals surface area contributed by atoms with Gasteiger partial charge in [-0.3, -0.25) is 4.79 Å². The van der Waals surface area contributed by atoms with Gasteiger partial charge in [0, 0.05) is 16.8 Å². The Bertz CT molecular complexity index is 565. The third-order valence-corrected chi connectivity index (χ3v) is 4.84. The molecule has 3 nitrogen and oxygen atoms in total. The van der Waals surface area contributed by atoms with Gasteiger partial charge < -0.3 is 10.6 Å². The van der Waals surface area contributed by atoms with Gasteiger partial charge in [0.2, 0.25) is 0 Å². The first-order chi connectivity index (χ1) is 9.24. The summed E-state index contributed by atoms with van der Waals surface area (Å²) < 4.78 is 1.17. The summed E-state index contributed by atoms with van der Waals surface area (Å²) in [5.41, 5.74) is 0. The number of halogens is 1. The number of nitrogens with one attached hydrogen (secondary N) is 2. The highest BCUT2D eigenvalue weighted by Crippen LogP contribution is 2.25. The Morgan fingerprint density at radius 3 is 2.95 bits per heavy atom. The maximum atomic E-state index is 12.3. The molecule has 0 bridgehead atoms. The molecule has 0 aliphatic carbocycles. The molecule has 3 rings (SSSR count). The maximum Gasteiger partial charge on any atom is 0.261 e. The minimum absolute atomic E-state index is 0. The number of amides is 1. The van der Waals surface area contributed by atoms with E-state index in [-0.39, 0.29) is 24.4 Å². The molecule has 108 valence electrons. The van der Waals surface area contributed by atoms with Crippen molar-refractivity contribution >= 4 is 39.7 Å². The van der Waals surface area contributed by atoms with E-state index in [2.05, 4.69) is 23.6 Å². The van der Waals surface area contributed by atoms with Gasteiger partial charge in [-0.1, -0.05) is 18.2 Å². The molecular weight excluding hydrogens is 292 g/mol. The second-order valence-corrected chi connectivity index (χ2v) is 6.20. The third kappa shape index (κ3) is 3.14. The zero-order valence-electron chi connectivity index (χ0n) is 11.4. The Morgan fingerprint density at radius 1 is 1.40 bits per heavy atom. The third-order valence-electron chi connectivity index (χ3n) is 3.73. The molecule has 1 aromatic heterocycles. The average Bonchev–Trinajstić information content (AvgIpc) is 2.85. The number of benzene rings is 1. The maximum absolute atomic E-state index is 12.3. The van der Waals surface area contributed by atoms with Crippen LogP contribution in [0.15, 0.2) is 30.3 Å². The van der Waals surface area contributed by atoms with Crippen LogP contribution in [-0.2, 0) is 0 Å². The standard InChI is InChI=1S/C15H18N2OS.ClH/c1-10-12(6-4-8-16-10)17-15(18)14-9-11-5-2-3-7-13(11)19-14;/h2-3,5,7,9-10,12,16H,4,6,8H2,1H3,(H,17,18);1H. The van der Waals surface area contributed by atoms with Crippen LogP contribution in [0.25, 0.3) is 10.1 Å². The van der Waals surface area contributed by atoms with Gasteiger partial charge >= 0.3 is 0 Å². The van der Waals surface area contributed by atoms with Crippen LogP contribution in [0.2, 0.25) is 0 Å². The Labute approximate surface area is 129 Å². The molecule has 1 saturated heterocycles. The first-order valence-corrected chi connectivity index (χ1v) is 7.58. The molecule has 1 aliphatic rings. The molecule has 5 heteroatoms. The van der Waals surface area contributed by atoms with Crippen molar-refractivity contribution in [1.29, 1.82) is 0 Å². The molecule has 2 aromatic rings. The lowest BCUT2D eigenvalue weighted by Crippen LogP contribution is -2.51. The van der Waals surface area contributed by atoms with Crippen molar-refractivity contribution in [2.45, 2.75) is 31.8 Å². The largest absolute Gasteiger partial charge is 0.347 e. The van der Waals surface area contributed by atoms with Gasteiger partial charge in [-0.05, 0) is 43.8 Å². The van der Waals surface area contributed by atoms with E-state index in [0.29, 0.717) is 6.04 Å². The van der Waals surface area contributed by atoms with Gasteiger partial charge in [0.15, 0.2) is 0 Å². The van der Waals surface area contributed by atoms with E-state index < -0.39 is 0 Å². The summed E-state index contributed by atoms with van der Waals surface area (Å²) >= 11 is 1.56. The van der Waals surface area contributed by atoms with Gasteiger partial charge in [-0.2, -0.15) is 0 Å². The van der Waals surface area contributed by atoms with E-state index in [9.17, 15) is 4.79 Å². The summed E-state index contributed by atoms with van der Waals surface area (Å²) in [6.45, 7) is 3.19. The fourth-order valence-electron chi connectivity index (χ4n) is 2.57. The van der Waals surface area contributed by atoms with Crippen LogP contribution in [0.5, 0.6) is 0 Å². The number of thiophene rings is 1. The predicted octanol–water partition coefficient (Wildman–Crippen LogP) is 3.19. The summed E-state index contributed by atoms with van der Waals surface area (Å²) in [4.78, 5) is 13.1. The fourth-order valence-corrected chi connectivity index (χ4v) is 3.54. The quantitative estimate of drug-likeness (QED) is 0.894. The molecule has 1 fully saturated rings. The minimum Gasteiger partial charge on any atom is -0.347 e. The van der Waals surface area contributed by atoms with E-state index >= 15 is 0 Å². The monoisotopic (exact) mass is 310 g/mol. The Balaban J connectivity index is 0.00000147. The average molecular weight is 311 g/mol. The van der Waals surface area contributed by atoms with Crippen LogP contribution in [0.4, 0.5) is 0 Å². The van der Waals surface area contributed by atoms with Crippen LogP contribution in [0.3, 0.4) is 0 Å². The number of hydrogen-bond acceptors (Lipinski definition) is 3. The molecule has 1 amide bonds. The van der Waals surface area contributed by atoms with Crippen molar-refractivity contribution in [1.82, 2.24) is 10.6 Å². The van der Waals surface area contributed by atoms with Gasteiger partial charge in [0.05, 0.1) is 4.88 Å². The molecule has 2 atom stereocenters. The van der Waals surface area contributed by atoms with Crippen LogP contribution in [0, 0.1) is 0 Å². The molecule has 2 N–H and O–H groups in total. The molecule has 2 heterocycles. The molecule has 20 heavy (non-hydrogen) atoms. The molecule has 1 aromatic carbocycles. The number of rotatable bonds is 2. The van der Waals surface area contributed by atoms with Crippen LogP contribution in [-0.4, -0.2) is 24.5 Å². The zero-order chi connectivity index (χ0) is 13.2. The molecule has 0 spiro atoms. The normalized spacial score (nSPS) is 22.2. The van der Waals surface area contributed by atoms with E-state index in [1.807, 2.05) is 24.3 Å². The topological polar surface area (TPSA) is 41.1 Å². The first-order valence-electron chi connectivity index (χ1n) is 6.77. The molecular formula is C15H19ClN2OS. The lowest BCUT2D eigenvalue weighted by atomic mass is 10.00. The number of piperidine rings is 1. The van der Waals surface area contributed by atoms with Crippen molar-refractivity contribution < 1.29 is 4.79 Å². The van der Waals surface area contributed by atoms with Gasteiger partial charge in [-0.25, -0.2) is 0 Å². The van der Waals surface area contributed by atoms with Gasteiger partial charge in [-0.15, -0.1) is 23.7 Å². The number of carbonyl (C=O) groups is 1. The Morgan fingerprint density at radius 2 is 2.20 bits per heavy atom. The SMILES string of the molecule is CC1NCCCC1NC(=O)c1cc2ccccc2s1.Cl. The number of fused-ring (bicyclic) bond motifs is 1. The van der Waals surface area contributed by atoms with Crippen molar-refractivity contribution in [3.8, 4) is 0 Å². The molecule has 2 unspecified atom stereocenters. The fraction of sp³-hybridized carbons (Fsp3) is 0.400. The Hall–Kier alpha value is -1.10. The Kier molecular flexibility index (Phi) is 5.02. The highest BCUT2D eigenvalue weighted by Gasteiger charge is 2.23. The van der Waals surface area contributed by atoms with E-state index in [4.69, 9.17) is 0 Å². The van der Waals surface area contributed by atoms with Crippen molar-refractivity contribution in [2.24, 2.45) is 0 Å². The molecule has 1 aliphatic heterocycles. The van der Waals surface area contributed by atoms with Crippen LogP contribution >= 0.6 is 23.7 Å². The lowest BCUT2D eigenvalue weighted by molar-refractivity contribution is 0.0924. The number of carbonyl (C=O) groups excluding carboxylic acids is 1. The smallest absolute Gasteiger partial charge is 0.261 e. The predicted molar refractivity (Wildman–Crippen MR) is 87.0 cm³/mol. The highest BCUT2D eigenvalue weighted by molar-refractivity contribution is 7.20. The van der Waals surface area contributed by atoms with Crippen molar-refractivity contribution in [3.05, 3.63) is 35.2 Å². The van der Waals surface area contributed by atoms with Crippen molar-refractivity contribution in [2.75, 3.05) is 6.54 Å². The minimum atomic E-state index is 0. The molecule has 0 saturated carbocycles. The van der Waals surface area contributed by atoms with Gasteiger partial charge in [0.1, 0.15) is 0 Å². The lowest BCUT2D eigenvalue weighted by Gasteiger charge is -2.30. The summed E-state index contributed by atoms with van der Waals surface area (Å²) in [5, 5.41) is 7.70. The van der Waals surface area contributed by atoms with Crippen LogP contribution < -0.4 is 10.6 Å². The summed E-state index contributed by atoms with van der Waals surface area (Å²) in [6.07, 6.45) is 2.19. The number of hydrogen-bond donors (Lipinski definition) is 2.